The Labute approximate surface area is 118 Å². The molecule has 0 aliphatic carbocycles. The van der Waals surface area contributed by atoms with Gasteiger partial charge in [-0.25, -0.2) is 4.79 Å². The van der Waals surface area contributed by atoms with E-state index in [1.165, 1.54) is 11.3 Å². The van der Waals surface area contributed by atoms with Crippen LogP contribution in [0.5, 0.6) is 0 Å². The molecule has 1 aromatic carbocycles. The zero-order valence-electron chi connectivity index (χ0n) is 8.80. The second-order valence-corrected chi connectivity index (χ2v) is 5.33. The van der Waals surface area contributed by atoms with E-state index in [0.717, 1.165) is 26.3 Å². The zero-order valence-corrected chi connectivity index (χ0v) is 12.0. The Morgan fingerprint density at radius 2 is 2.24 bits per heavy atom. The molecule has 17 heavy (non-hydrogen) atoms. The third kappa shape index (κ3) is 3.08. The number of thioether (sulfide) groups is 1. The van der Waals surface area contributed by atoms with Gasteiger partial charge in [0, 0.05) is 6.07 Å². The van der Waals surface area contributed by atoms with Crippen LogP contribution in [0, 0.1) is 0 Å². The predicted octanol–water partition coefficient (Wildman–Crippen LogP) is 0.149. The van der Waals surface area contributed by atoms with Crippen LogP contribution in [-0.4, -0.2) is 10.4 Å². The number of nitrogens with zero attached hydrogens (tertiary/aromatic N) is 1. The van der Waals surface area contributed by atoms with Gasteiger partial charge in [0.1, 0.15) is 4.70 Å². The molecule has 0 spiro atoms. The van der Waals surface area contributed by atoms with Gasteiger partial charge in [0.2, 0.25) is 5.52 Å². The second kappa shape index (κ2) is 6.18. The molecule has 0 radical (unpaired) electrons. The summed E-state index contributed by atoms with van der Waals surface area (Å²) in [5.74, 6) is 0. The van der Waals surface area contributed by atoms with Gasteiger partial charge in [-0.2, -0.15) is 4.57 Å². The number of hydrogen-bond donors (Lipinski definition) is 1. The van der Waals surface area contributed by atoms with E-state index >= 15 is 0 Å². The minimum absolute atomic E-state index is 0. The SMILES string of the molecule is C=CC[n+]1c(SC(=O)O)sc2ccccc21.[Br-]. The molecule has 0 bridgehead atoms. The number of carboxylic acid groups (broad SMARTS) is 1. The van der Waals surface area contributed by atoms with Gasteiger partial charge in [0.05, 0.1) is 11.8 Å². The molecular weight excluding hydrogens is 322 g/mol. The van der Waals surface area contributed by atoms with Gasteiger partial charge in [-0.15, -0.1) is 0 Å². The fraction of sp³-hybridized carbons (Fsp3) is 0.0909. The minimum atomic E-state index is -0.885. The van der Waals surface area contributed by atoms with Crippen molar-refractivity contribution >= 4 is 38.6 Å². The van der Waals surface area contributed by atoms with E-state index in [-0.39, 0.29) is 17.0 Å². The summed E-state index contributed by atoms with van der Waals surface area (Å²) < 4.78 is 3.83. The van der Waals surface area contributed by atoms with Crippen LogP contribution in [0.4, 0.5) is 4.79 Å². The summed E-state index contributed by atoms with van der Waals surface area (Å²) in [6.07, 6.45) is 1.77. The van der Waals surface area contributed by atoms with Crippen molar-refractivity contribution in [3.8, 4) is 0 Å². The molecule has 0 saturated heterocycles. The Morgan fingerprint density at radius 1 is 1.53 bits per heavy atom. The minimum Gasteiger partial charge on any atom is -1.00 e. The van der Waals surface area contributed by atoms with E-state index in [1.807, 2.05) is 28.8 Å². The van der Waals surface area contributed by atoms with Crippen molar-refractivity contribution in [2.75, 3.05) is 0 Å². The van der Waals surface area contributed by atoms with E-state index in [9.17, 15) is 4.79 Å². The number of thiazole rings is 1. The average Bonchev–Trinajstić information content (AvgIpc) is 2.57. The van der Waals surface area contributed by atoms with E-state index in [2.05, 4.69) is 6.58 Å². The number of carbonyl (C=O) groups is 1. The van der Waals surface area contributed by atoms with Gasteiger partial charge in [0.15, 0.2) is 6.54 Å². The summed E-state index contributed by atoms with van der Waals surface area (Å²) in [4.78, 5) is 10.7. The fourth-order valence-corrected chi connectivity index (χ4v) is 3.45. The lowest BCUT2D eigenvalue weighted by Crippen LogP contribution is -3.00. The van der Waals surface area contributed by atoms with Gasteiger partial charge in [-0.3, -0.25) is 0 Å². The zero-order chi connectivity index (χ0) is 11.5. The van der Waals surface area contributed by atoms with Crippen molar-refractivity contribution in [3.05, 3.63) is 36.9 Å². The summed E-state index contributed by atoms with van der Waals surface area (Å²) in [7, 11) is 0. The molecule has 2 aromatic rings. The van der Waals surface area contributed by atoms with Crippen molar-refractivity contribution in [2.24, 2.45) is 0 Å². The molecule has 1 aromatic heterocycles. The molecule has 0 atom stereocenters. The van der Waals surface area contributed by atoms with Gasteiger partial charge in [-0.1, -0.05) is 30.0 Å². The third-order valence-electron chi connectivity index (χ3n) is 2.06. The second-order valence-electron chi connectivity index (χ2n) is 3.10. The Kier molecular flexibility index (Phi) is 5.17. The van der Waals surface area contributed by atoms with Crippen LogP contribution >= 0.6 is 23.1 Å². The van der Waals surface area contributed by atoms with Crippen LogP contribution in [0.1, 0.15) is 0 Å². The van der Waals surface area contributed by atoms with Crippen molar-refractivity contribution in [1.29, 1.82) is 0 Å². The Morgan fingerprint density at radius 3 is 2.88 bits per heavy atom. The number of fused-ring (bicyclic) bond motifs is 1. The maximum absolute atomic E-state index is 10.7. The van der Waals surface area contributed by atoms with E-state index < -0.39 is 5.30 Å². The lowest BCUT2D eigenvalue weighted by Gasteiger charge is -1.92. The number of benzene rings is 1. The highest BCUT2D eigenvalue weighted by Crippen LogP contribution is 2.28. The number of hydrogen-bond acceptors (Lipinski definition) is 3. The highest BCUT2D eigenvalue weighted by molar-refractivity contribution is 8.14. The molecule has 0 amide bonds. The number of para-hydroxylation sites is 1. The molecule has 0 aliphatic heterocycles. The Hall–Kier alpha value is -0.850. The van der Waals surface area contributed by atoms with Crippen LogP contribution in [0.25, 0.3) is 10.2 Å². The highest BCUT2D eigenvalue weighted by Gasteiger charge is 2.22. The highest BCUT2D eigenvalue weighted by atomic mass is 79.9. The fourth-order valence-electron chi connectivity index (χ4n) is 1.47. The predicted molar refractivity (Wildman–Crippen MR) is 66.1 cm³/mol. The first kappa shape index (κ1) is 14.2. The van der Waals surface area contributed by atoms with Gasteiger partial charge in [-0.05, 0) is 12.1 Å². The lowest BCUT2D eigenvalue weighted by molar-refractivity contribution is -0.692. The normalized spacial score (nSPS) is 9.88. The van der Waals surface area contributed by atoms with Crippen LogP contribution in [0.2, 0.25) is 0 Å². The molecule has 6 heteroatoms. The van der Waals surface area contributed by atoms with Crippen LogP contribution < -0.4 is 21.5 Å². The topological polar surface area (TPSA) is 41.2 Å². The van der Waals surface area contributed by atoms with E-state index in [4.69, 9.17) is 5.11 Å². The first-order valence-electron chi connectivity index (χ1n) is 4.65. The first-order chi connectivity index (χ1) is 7.72. The van der Waals surface area contributed by atoms with Crippen molar-refractivity contribution in [1.82, 2.24) is 0 Å². The third-order valence-corrected chi connectivity index (χ3v) is 4.09. The van der Waals surface area contributed by atoms with Crippen molar-refractivity contribution < 1.29 is 31.4 Å². The number of rotatable bonds is 3. The largest absolute Gasteiger partial charge is 1.00 e. The van der Waals surface area contributed by atoms with Crippen LogP contribution in [0.3, 0.4) is 0 Å². The standard InChI is InChI=1S/C11H9NO2S2.BrH/c1-2-7-12-8-5-3-4-6-9(8)15-10(12)16-11(13)14;/h2-6H,1,7H2;1H. The summed E-state index contributed by atoms with van der Waals surface area (Å²) in [6.45, 7) is 4.31. The average molecular weight is 332 g/mol. The molecule has 90 valence electrons. The molecule has 0 fully saturated rings. The molecule has 0 unspecified atom stereocenters. The number of halogens is 1. The molecule has 1 N–H and O–H groups in total. The summed E-state index contributed by atoms with van der Waals surface area (Å²) in [6, 6.07) is 7.88. The number of allylic oxidation sites excluding steroid dienone is 1. The maximum Gasteiger partial charge on any atom is 0.376 e. The molecule has 0 aliphatic rings. The van der Waals surface area contributed by atoms with Crippen LogP contribution in [0.15, 0.2) is 41.3 Å². The van der Waals surface area contributed by atoms with Gasteiger partial charge < -0.3 is 22.1 Å². The van der Waals surface area contributed by atoms with Gasteiger partial charge >= 0.3 is 9.64 Å². The summed E-state index contributed by atoms with van der Waals surface area (Å²) >= 11 is 2.33. The summed E-state index contributed by atoms with van der Waals surface area (Å²) in [5.41, 5.74) is 1.05. The smallest absolute Gasteiger partial charge is 0.376 e. The first-order valence-corrected chi connectivity index (χ1v) is 6.28. The summed E-state index contributed by atoms with van der Waals surface area (Å²) in [5, 5.41) is 7.93. The quantitative estimate of drug-likeness (QED) is 0.494. The maximum atomic E-state index is 10.7. The Balaban J connectivity index is 0.00000144. The molecule has 2 rings (SSSR count). The van der Waals surface area contributed by atoms with E-state index in [0.29, 0.717) is 6.54 Å². The lowest BCUT2D eigenvalue weighted by atomic mass is 10.3. The van der Waals surface area contributed by atoms with Gasteiger partial charge in [0.25, 0.3) is 0 Å². The molecule has 1 heterocycles. The van der Waals surface area contributed by atoms with Crippen molar-refractivity contribution in [2.45, 2.75) is 10.9 Å². The monoisotopic (exact) mass is 331 g/mol. The molecule has 3 nitrogen and oxygen atoms in total. The van der Waals surface area contributed by atoms with Crippen LogP contribution in [-0.2, 0) is 6.54 Å². The Bertz CT molecular complexity index is 553. The number of aromatic nitrogens is 1. The molecular formula is C11H10BrNO2S2. The molecule has 0 saturated carbocycles. The van der Waals surface area contributed by atoms with E-state index in [1.54, 1.807) is 6.08 Å². The van der Waals surface area contributed by atoms with Crippen molar-refractivity contribution in [3.63, 3.8) is 0 Å².